The fraction of sp³-hybridized carbons (Fsp3) is 0.615. The van der Waals surface area contributed by atoms with Gasteiger partial charge in [0, 0.05) is 17.8 Å². The lowest BCUT2D eigenvalue weighted by Gasteiger charge is -2.32. The number of nitrogens with zero attached hydrogens (tertiary/aromatic N) is 1. The van der Waals surface area contributed by atoms with Crippen molar-refractivity contribution < 1.29 is 0 Å². The van der Waals surface area contributed by atoms with Crippen LogP contribution < -0.4 is 5.32 Å². The summed E-state index contributed by atoms with van der Waals surface area (Å²) in [7, 11) is 0. The maximum absolute atomic E-state index is 5.89. The first-order valence-electron chi connectivity index (χ1n) is 5.90. The Bertz CT molecular complexity index is 334. The van der Waals surface area contributed by atoms with Crippen LogP contribution >= 0.6 is 11.6 Å². The minimum atomic E-state index is 0.190. The molecule has 0 aliphatic carbocycles. The SMILES string of the molecule is CCC(C)(CC)NC(C)c1ccnc(Cl)c1. The Labute approximate surface area is 103 Å². The fourth-order valence-electron chi connectivity index (χ4n) is 1.75. The van der Waals surface area contributed by atoms with E-state index in [-0.39, 0.29) is 5.54 Å². The van der Waals surface area contributed by atoms with E-state index in [9.17, 15) is 0 Å². The van der Waals surface area contributed by atoms with Crippen LogP contribution in [0, 0.1) is 0 Å². The molecule has 0 fully saturated rings. The van der Waals surface area contributed by atoms with Crippen molar-refractivity contribution in [2.75, 3.05) is 0 Å². The predicted molar refractivity (Wildman–Crippen MR) is 69.8 cm³/mol. The molecule has 0 spiro atoms. The molecule has 2 nitrogen and oxygen atoms in total. The fourth-order valence-corrected chi connectivity index (χ4v) is 1.93. The third kappa shape index (κ3) is 3.46. The Morgan fingerprint density at radius 2 is 2.06 bits per heavy atom. The van der Waals surface area contributed by atoms with Gasteiger partial charge >= 0.3 is 0 Å². The van der Waals surface area contributed by atoms with Crippen molar-refractivity contribution >= 4 is 11.6 Å². The van der Waals surface area contributed by atoms with Crippen molar-refractivity contribution in [2.24, 2.45) is 0 Å². The number of halogens is 1. The molecule has 0 amide bonds. The van der Waals surface area contributed by atoms with Gasteiger partial charge in [-0.1, -0.05) is 25.4 Å². The lowest BCUT2D eigenvalue weighted by atomic mass is 9.93. The lowest BCUT2D eigenvalue weighted by Crippen LogP contribution is -2.42. The molecular formula is C13H21ClN2. The molecule has 3 heteroatoms. The largest absolute Gasteiger partial charge is 0.305 e. The molecule has 0 aliphatic heterocycles. The molecule has 0 radical (unpaired) electrons. The first kappa shape index (κ1) is 13.5. The predicted octanol–water partition coefficient (Wildman–Crippen LogP) is 3.96. The molecule has 1 aromatic rings. The van der Waals surface area contributed by atoms with E-state index in [1.165, 1.54) is 5.56 Å². The molecule has 0 bridgehead atoms. The molecule has 1 unspecified atom stereocenters. The van der Waals surface area contributed by atoms with E-state index < -0.39 is 0 Å². The molecule has 0 aliphatic rings. The number of hydrogen-bond acceptors (Lipinski definition) is 2. The topological polar surface area (TPSA) is 24.9 Å². The normalized spacial score (nSPS) is 13.8. The molecule has 0 aromatic carbocycles. The van der Waals surface area contributed by atoms with Crippen LogP contribution in [0.15, 0.2) is 18.3 Å². The molecule has 1 atom stereocenters. The Balaban J connectivity index is 2.75. The maximum Gasteiger partial charge on any atom is 0.129 e. The second-order valence-electron chi connectivity index (χ2n) is 4.55. The van der Waals surface area contributed by atoms with E-state index in [1.807, 2.05) is 12.1 Å². The molecule has 1 heterocycles. The van der Waals surface area contributed by atoms with E-state index in [0.717, 1.165) is 12.8 Å². The zero-order valence-corrected chi connectivity index (χ0v) is 11.3. The highest BCUT2D eigenvalue weighted by molar-refractivity contribution is 6.29. The molecule has 0 saturated heterocycles. The van der Waals surface area contributed by atoms with Crippen molar-refractivity contribution in [2.45, 2.75) is 52.1 Å². The van der Waals surface area contributed by atoms with Gasteiger partial charge in [-0.05, 0) is 44.4 Å². The minimum absolute atomic E-state index is 0.190. The summed E-state index contributed by atoms with van der Waals surface area (Å²) in [6.45, 7) is 8.84. The number of rotatable bonds is 5. The summed E-state index contributed by atoms with van der Waals surface area (Å²) >= 11 is 5.89. The number of aromatic nitrogens is 1. The Morgan fingerprint density at radius 1 is 1.44 bits per heavy atom. The molecule has 1 aromatic heterocycles. The van der Waals surface area contributed by atoms with Crippen LogP contribution in [-0.4, -0.2) is 10.5 Å². The van der Waals surface area contributed by atoms with Gasteiger partial charge < -0.3 is 5.32 Å². The van der Waals surface area contributed by atoms with Crippen LogP contribution in [0.1, 0.15) is 52.1 Å². The summed E-state index contributed by atoms with van der Waals surface area (Å²) in [5, 5.41) is 4.21. The highest BCUT2D eigenvalue weighted by Gasteiger charge is 2.22. The van der Waals surface area contributed by atoms with Crippen LogP contribution in [0.5, 0.6) is 0 Å². The Morgan fingerprint density at radius 3 is 2.56 bits per heavy atom. The van der Waals surface area contributed by atoms with Crippen molar-refractivity contribution in [3.05, 3.63) is 29.0 Å². The Kier molecular flexibility index (Phi) is 4.75. The van der Waals surface area contributed by atoms with Crippen LogP contribution in [0.4, 0.5) is 0 Å². The van der Waals surface area contributed by atoms with Crippen molar-refractivity contribution in [1.82, 2.24) is 10.3 Å². The molecule has 16 heavy (non-hydrogen) atoms. The standard InChI is InChI=1S/C13H21ClN2/c1-5-13(4,6-2)16-10(3)11-7-8-15-12(14)9-11/h7-10,16H,5-6H2,1-4H3. The van der Waals surface area contributed by atoms with Gasteiger partial charge in [-0.2, -0.15) is 0 Å². The van der Waals surface area contributed by atoms with Gasteiger partial charge in [-0.25, -0.2) is 4.98 Å². The quantitative estimate of drug-likeness (QED) is 0.788. The average molecular weight is 241 g/mol. The van der Waals surface area contributed by atoms with Crippen molar-refractivity contribution in [3.8, 4) is 0 Å². The molecule has 90 valence electrons. The number of nitrogens with one attached hydrogen (secondary N) is 1. The monoisotopic (exact) mass is 240 g/mol. The van der Waals surface area contributed by atoms with E-state index in [4.69, 9.17) is 11.6 Å². The average Bonchev–Trinajstić information content (AvgIpc) is 2.29. The van der Waals surface area contributed by atoms with Gasteiger partial charge in [0.05, 0.1) is 0 Å². The minimum Gasteiger partial charge on any atom is -0.305 e. The van der Waals surface area contributed by atoms with E-state index in [0.29, 0.717) is 11.2 Å². The summed E-state index contributed by atoms with van der Waals surface area (Å²) in [4.78, 5) is 4.00. The van der Waals surface area contributed by atoms with E-state index in [1.54, 1.807) is 6.20 Å². The number of hydrogen-bond donors (Lipinski definition) is 1. The second-order valence-corrected chi connectivity index (χ2v) is 4.93. The molecule has 1 N–H and O–H groups in total. The zero-order valence-electron chi connectivity index (χ0n) is 10.5. The lowest BCUT2D eigenvalue weighted by molar-refractivity contribution is 0.299. The first-order chi connectivity index (χ1) is 7.50. The summed E-state index contributed by atoms with van der Waals surface area (Å²) in [6, 6.07) is 4.23. The molecule has 0 saturated carbocycles. The van der Waals surface area contributed by atoms with Gasteiger partial charge in [0.1, 0.15) is 5.15 Å². The molecule has 1 rings (SSSR count). The third-order valence-electron chi connectivity index (χ3n) is 3.38. The second kappa shape index (κ2) is 5.65. The van der Waals surface area contributed by atoms with Crippen LogP contribution in [0.3, 0.4) is 0 Å². The summed E-state index contributed by atoms with van der Waals surface area (Å²) in [6.07, 6.45) is 3.99. The zero-order chi connectivity index (χ0) is 12.2. The van der Waals surface area contributed by atoms with E-state index in [2.05, 4.69) is 38.0 Å². The highest BCUT2D eigenvalue weighted by atomic mass is 35.5. The summed E-state index contributed by atoms with van der Waals surface area (Å²) < 4.78 is 0. The van der Waals surface area contributed by atoms with Gasteiger partial charge in [-0.15, -0.1) is 0 Å². The van der Waals surface area contributed by atoms with E-state index >= 15 is 0 Å². The number of pyridine rings is 1. The van der Waals surface area contributed by atoms with Crippen LogP contribution in [-0.2, 0) is 0 Å². The smallest absolute Gasteiger partial charge is 0.129 e. The van der Waals surface area contributed by atoms with Crippen LogP contribution in [0.2, 0.25) is 5.15 Å². The van der Waals surface area contributed by atoms with Gasteiger partial charge in [0.15, 0.2) is 0 Å². The third-order valence-corrected chi connectivity index (χ3v) is 3.58. The maximum atomic E-state index is 5.89. The van der Waals surface area contributed by atoms with Gasteiger partial charge in [0.25, 0.3) is 0 Å². The molecular weight excluding hydrogens is 220 g/mol. The van der Waals surface area contributed by atoms with Gasteiger partial charge in [0.2, 0.25) is 0 Å². The highest BCUT2D eigenvalue weighted by Crippen LogP contribution is 2.22. The van der Waals surface area contributed by atoms with Crippen molar-refractivity contribution in [3.63, 3.8) is 0 Å². The first-order valence-corrected chi connectivity index (χ1v) is 6.27. The summed E-state index contributed by atoms with van der Waals surface area (Å²) in [5.41, 5.74) is 1.38. The Hall–Kier alpha value is -0.600. The van der Waals surface area contributed by atoms with Crippen molar-refractivity contribution in [1.29, 1.82) is 0 Å². The van der Waals surface area contributed by atoms with Gasteiger partial charge in [-0.3, -0.25) is 0 Å². The van der Waals surface area contributed by atoms with Crippen LogP contribution in [0.25, 0.3) is 0 Å². The summed E-state index contributed by atoms with van der Waals surface area (Å²) in [5.74, 6) is 0.